The van der Waals surface area contributed by atoms with Crippen LogP contribution >= 0.6 is 15.9 Å². The molecule has 36 heavy (non-hydrogen) atoms. The van der Waals surface area contributed by atoms with Crippen LogP contribution in [0.2, 0.25) is 0 Å². The number of carbonyl (C=O) groups is 3. The summed E-state index contributed by atoms with van der Waals surface area (Å²) in [6.07, 6.45) is 4.46. The van der Waals surface area contributed by atoms with E-state index >= 15 is 0 Å². The number of aliphatic hydroxyl groups excluding tert-OH is 1. The van der Waals surface area contributed by atoms with Crippen molar-refractivity contribution in [1.82, 2.24) is 14.7 Å². The Labute approximate surface area is 220 Å². The number of carboxylic acids is 1. The third-order valence-electron chi connectivity index (χ3n) is 8.07. The van der Waals surface area contributed by atoms with Gasteiger partial charge in [0.1, 0.15) is 11.6 Å². The molecule has 2 amide bonds. The molecular weight excluding hydrogens is 534 g/mol. The molecule has 202 valence electrons. The zero-order valence-electron chi connectivity index (χ0n) is 20.7. The van der Waals surface area contributed by atoms with Gasteiger partial charge in [0.15, 0.2) is 0 Å². The van der Waals surface area contributed by atoms with Gasteiger partial charge in [0, 0.05) is 50.7 Å². The Morgan fingerprint density at radius 1 is 1.19 bits per heavy atom. The highest BCUT2D eigenvalue weighted by Crippen LogP contribution is 2.60. The van der Waals surface area contributed by atoms with Gasteiger partial charge in [-0.2, -0.15) is 0 Å². The number of alkyl halides is 1. The summed E-state index contributed by atoms with van der Waals surface area (Å²) in [6, 6.07) is -0.869. The maximum absolute atomic E-state index is 14.2. The van der Waals surface area contributed by atoms with Crippen molar-refractivity contribution in [2.75, 3.05) is 59.1 Å². The summed E-state index contributed by atoms with van der Waals surface area (Å²) in [5.41, 5.74) is -1.15. The zero-order valence-corrected chi connectivity index (χ0v) is 22.3. The van der Waals surface area contributed by atoms with Crippen LogP contribution in [0.1, 0.15) is 32.1 Å². The van der Waals surface area contributed by atoms with Gasteiger partial charge in [-0.1, -0.05) is 34.8 Å². The minimum atomic E-state index is -1.15. The minimum absolute atomic E-state index is 0.122. The molecule has 0 aliphatic carbocycles. The summed E-state index contributed by atoms with van der Waals surface area (Å²) in [6.45, 7) is 8.75. The molecule has 0 aromatic heterocycles. The Morgan fingerprint density at radius 2 is 1.92 bits per heavy atom. The topological polar surface area (TPSA) is 120 Å². The van der Waals surface area contributed by atoms with Crippen molar-refractivity contribution >= 4 is 33.7 Å². The van der Waals surface area contributed by atoms with Crippen molar-refractivity contribution in [3.05, 3.63) is 12.7 Å². The van der Waals surface area contributed by atoms with E-state index in [4.69, 9.17) is 14.6 Å². The highest BCUT2D eigenvalue weighted by atomic mass is 79.9. The fourth-order valence-electron chi connectivity index (χ4n) is 6.39. The number of morpholine rings is 1. The summed E-state index contributed by atoms with van der Waals surface area (Å²) >= 11 is 3.58. The highest BCUT2D eigenvalue weighted by molar-refractivity contribution is 9.09. The molecule has 11 heteroatoms. The van der Waals surface area contributed by atoms with Crippen LogP contribution in [-0.4, -0.2) is 124 Å². The van der Waals surface area contributed by atoms with E-state index in [9.17, 15) is 19.5 Å². The number of unbranched alkanes of at least 4 members (excludes halogenated alkanes) is 3. The molecule has 4 fully saturated rings. The van der Waals surface area contributed by atoms with Crippen molar-refractivity contribution in [2.24, 2.45) is 11.8 Å². The molecule has 1 spiro atoms. The summed E-state index contributed by atoms with van der Waals surface area (Å²) in [5, 5.41) is 19.1. The van der Waals surface area contributed by atoms with Crippen molar-refractivity contribution < 1.29 is 34.1 Å². The molecule has 2 bridgehead atoms. The highest BCUT2D eigenvalue weighted by Gasteiger charge is 2.76. The first-order valence-corrected chi connectivity index (χ1v) is 13.9. The van der Waals surface area contributed by atoms with Gasteiger partial charge in [0.05, 0.1) is 31.2 Å². The van der Waals surface area contributed by atoms with Gasteiger partial charge in [-0.05, 0) is 19.3 Å². The Bertz CT molecular complexity index is 838. The summed E-state index contributed by atoms with van der Waals surface area (Å²) in [4.78, 5) is 45.5. The molecular formula is C25H38BrN3O7. The third-order valence-corrected chi connectivity index (χ3v) is 8.91. The number of rotatable bonds is 13. The van der Waals surface area contributed by atoms with Crippen LogP contribution in [0.3, 0.4) is 0 Å². The van der Waals surface area contributed by atoms with Gasteiger partial charge in [0.2, 0.25) is 11.8 Å². The fraction of sp³-hybridized carbons (Fsp3) is 0.800. The van der Waals surface area contributed by atoms with Crippen molar-refractivity contribution in [3.8, 4) is 0 Å². The molecule has 0 radical (unpaired) electrons. The van der Waals surface area contributed by atoms with Crippen LogP contribution in [0.15, 0.2) is 12.7 Å². The number of aliphatic hydroxyl groups is 1. The molecule has 4 heterocycles. The number of carboxylic acid groups (broad SMARTS) is 1. The minimum Gasteiger partial charge on any atom is -0.481 e. The van der Waals surface area contributed by atoms with Crippen LogP contribution in [0, 0.1) is 11.8 Å². The van der Waals surface area contributed by atoms with Crippen molar-refractivity contribution in [1.29, 1.82) is 0 Å². The monoisotopic (exact) mass is 571 g/mol. The second-order valence-electron chi connectivity index (χ2n) is 10.2. The number of hydrogen-bond donors (Lipinski definition) is 2. The zero-order chi connectivity index (χ0) is 25.9. The molecule has 10 nitrogen and oxygen atoms in total. The van der Waals surface area contributed by atoms with Crippen LogP contribution < -0.4 is 0 Å². The normalized spacial score (nSPS) is 33.7. The molecule has 0 aromatic carbocycles. The van der Waals surface area contributed by atoms with E-state index in [2.05, 4.69) is 27.4 Å². The van der Waals surface area contributed by atoms with Gasteiger partial charge in [-0.15, -0.1) is 6.58 Å². The van der Waals surface area contributed by atoms with Crippen LogP contribution in [0.5, 0.6) is 0 Å². The Balaban J connectivity index is 1.59. The average Bonchev–Trinajstić information content (AvgIpc) is 3.45. The van der Waals surface area contributed by atoms with E-state index in [1.165, 1.54) is 0 Å². The molecule has 4 rings (SSSR count). The first kappa shape index (κ1) is 27.5. The first-order chi connectivity index (χ1) is 17.4. The van der Waals surface area contributed by atoms with Crippen molar-refractivity contribution in [2.45, 2.75) is 54.7 Å². The number of likely N-dealkylation sites (tertiary alicyclic amines) is 1. The lowest BCUT2D eigenvalue weighted by molar-refractivity contribution is -0.150. The molecule has 3 unspecified atom stereocenters. The quantitative estimate of drug-likeness (QED) is 0.188. The molecule has 4 saturated heterocycles. The van der Waals surface area contributed by atoms with E-state index in [0.717, 1.165) is 25.9 Å². The molecule has 4 aliphatic heterocycles. The summed E-state index contributed by atoms with van der Waals surface area (Å²) in [5.74, 6) is -3.41. The second kappa shape index (κ2) is 11.9. The van der Waals surface area contributed by atoms with E-state index in [-0.39, 0.29) is 23.2 Å². The Kier molecular flexibility index (Phi) is 9.09. The number of aliphatic carboxylic acids is 1. The summed E-state index contributed by atoms with van der Waals surface area (Å²) in [7, 11) is 0. The number of ether oxygens (including phenoxy) is 2. The summed E-state index contributed by atoms with van der Waals surface area (Å²) < 4.78 is 11.8. The first-order valence-electron chi connectivity index (χ1n) is 13.0. The Hall–Kier alpha value is -1.53. The molecule has 6 atom stereocenters. The number of hydrogen-bond acceptors (Lipinski definition) is 7. The van der Waals surface area contributed by atoms with E-state index in [1.54, 1.807) is 15.9 Å². The van der Waals surface area contributed by atoms with Gasteiger partial charge >= 0.3 is 5.97 Å². The maximum Gasteiger partial charge on any atom is 0.310 e. The van der Waals surface area contributed by atoms with Crippen LogP contribution in [0.25, 0.3) is 0 Å². The number of carbonyl (C=O) groups excluding carboxylic acids is 2. The smallest absolute Gasteiger partial charge is 0.310 e. The Morgan fingerprint density at radius 3 is 2.58 bits per heavy atom. The predicted octanol–water partition coefficient (Wildman–Crippen LogP) is 0.719. The lowest BCUT2D eigenvalue weighted by atomic mass is 9.70. The van der Waals surface area contributed by atoms with Gasteiger partial charge in [-0.25, -0.2) is 0 Å². The number of fused-ring (bicyclic) bond motifs is 1. The molecule has 0 saturated carbocycles. The second-order valence-corrected chi connectivity index (χ2v) is 11.4. The number of amides is 2. The van der Waals surface area contributed by atoms with Crippen LogP contribution in [-0.2, 0) is 23.9 Å². The van der Waals surface area contributed by atoms with Crippen LogP contribution in [0.4, 0.5) is 0 Å². The molecule has 2 N–H and O–H groups in total. The number of halogens is 1. The molecule has 4 aliphatic rings. The number of nitrogens with zero attached hydrogens (tertiary/aromatic N) is 3. The SMILES string of the molecule is C=CCN(CCN1CCOCC1)C(=O)C1N(CCCCCCO)C(=O)[C@@H]2[C@H](C(=O)O)[C@H]3OC12CC3Br. The van der Waals surface area contributed by atoms with E-state index < -0.39 is 35.6 Å². The lowest BCUT2D eigenvalue weighted by Gasteiger charge is -2.38. The fourth-order valence-corrected chi connectivity index (χ4v) is 7.33. The standard InChI is InChI=1S/C25H38BrN3O7/c1-2-7-28(10-9-27-11-14-35-15-12-27)23(32)21-25-16-17(26)20(36-25)18(24(33)34)19(25)22(31)29(21)8-5-3-4-6-13-30/h2,17-21,30H,1,3-16H2,(H,33,34)/t17?,18-,19-,20-,21?,25?/m0/s1. The lowest BCUT2D eigenvalue weighted by Crippen LogP contribution is -2.57. The van der Waals surface area contributed by atoms with E-state index in [0.29, 0.717) is 58.7 Å². The van der Waals surface area contributed by atoms with Gasteiger partial charge in [0.25, 0.3) is 0 Å². The predicted molar refractivity (Wildman–Crippen MR) is 135 cm³/mol. The third kappa shape index (κ3) is 5.09. The van der Waals surface area contributed by atoms with Gasteiger partial charge in [-0.3, -0.25) is 19.3 Å². The van der Waals surface area contributed by atoms with Crippen molar-refractivity contribution in [3.63, 3.8) is 0 Å². The maximum atomic E-state index is 14.2. The van der Waals surface area contributed by atoms with E-state index in [1.807, 2.05) is 0 Å². The average molecular weight is 572 g/mol. The van der Waals surface area contributed by atoms with Gasteiger partial charge < -0.3 is 29.5 Å². The molecule has 0 aromatic rings. The largest absolute Gasteiger partial charge is 0.481 e.